The minimum atomic E-state index is -4.22. The number of sulfonamides is 1. The molecule has 156 valence electrons. The van der Waals surface area contributed by atoms with Crippen LogP contribution in [0.1, 0.15) is 24.8 Å². The highest BCUT2D eigenvalue weighted by Crippen LogP contribution is 2.49. The Kier molecular flexibility index (Phi) is 6.25. The number of rotatable bonds is 8. The third-order valence-corrected chi connectivity index (χ3v) is 7.41. The number of hydrogen-bond acceptors (Lipinski definition) is 4. The summed E-state index contributed by atoms with van der Waals surface area (Å²) >= 11 is 3.34. The first-order chi connectivity index (χ1) is 13.6. The van der Waals surface area contributed by atoms with Crippen LogP contribution in [0.5, 0.6) is 5.75 Å². The molecule has 1 saturated carbocycles. The molecule has 1 aliphatic rings. The second kappa shape index (κ2) is 8.37. The van der Waals surface area contributed by atoms with Crippen LogP contribution in [-0.4, -0.2) is 37.0 Å². The molecular formula is C19H18BrF2NO5S. The van der Waals surface area contributed by atoms with Crippen molar-refractivity contribution in [2.24, 2.45) is 0 Å². The average molecular weight is 490 g/mol. The molecule has 1 fully saturated rings. The van der Waals surface area contributed by atoms with Crippen molar-refractivity contribution in [3.63, 3.8) is 0 Å². The molecule has 0 spiro atoms. The molecule has 0 unspecified atom stereocenters. The molecule has 3 rings (SSSR count). The van der Waals surface area contributed by atoms with Crippen LogP contribution in [0, 0.1) is 0 Å². The van der Waals surface area contributed by atoms with Gasteiger partial charge in [-0.3, -0.25) is 4.79 Å². The Morgan fingerprint density at radius 2 is 1.72 bits per heavy atom. The number of halogens is 3. The Morgan fingerprint density at radius 3 is 2.17 bits per heavy atom. The normalized spacial score (nSPS) is 15.9. The highest BCUT2D eigenvalue weighted by atomic mass is 79.9. The van der Waals surface area contributed by atoms with Crippen molar-refractivity contribution in [2.45, 2.75) is 36.3 Å². The van der Waals surface area contributed by atoms with Gasteiger partial charge in [0.15, 0.2) is 0 Å². The minimum absolute atomic E-state index is 0.185. The van der Waals surface area contributed by atoms with E-state index in [1.165, 1.54) is 0 Å². The number of nitrogens with zero attached hydrogens (tertiary/aromatic N) is 1. The number of alkyl halides is 2. The molecule has 0 radical (unpaired) electrons. The fraction of sp³-hybridized carbons (Fsp3) is 0.316. The Bertz CT molecular complexity index is 977. The van der Waals surface area contributed by atoms with Crippen molar-refractivity contribution in [3.8, 4) is 5.75 Å². The molecular weight excluding hydrogens is 472 g/mol. The maximum absolute atomic E-state index is 13.3. The van der Waals surface area contributed by atoms with E-state index in [-0.39, 0.29) is 10.6 Å². The topological polar surface area (TPSA) is 83.9 Å². The zero-order valence-electron chi connectivity index (χ0n) is 15.1. The third kappa shape index (κ3) is 4.44. The summed E-state index contributed by atoms with van der Waals surface area (Å²) in [7, 11) is -4.22. The standard InChI is InChI=1S/C19H18BrF2NO5S/c20-14-4-2-13(3-5-14)19(10-1-11-19)23(12-17(24)25)29(26,27)16-8-6-15(7-9-16)28-18(21)22/h2-9,18H,1,10-12H2,(H,24,25). The third-order valence-electron chi connectivity index (χ3n) is 4.96. The molecule has 0 atom stereocenters. The SMILES string of the molecule is O=C(O)CN(C1(c2ccc(Br)cc2)CCC1)S(=O)(=O)c1ccc(OC(F)F)cc1. The van der Waals surface area contributed by atoms with E-state index in [2.05, 4.69) is 20.7 Å². The van der Waals surface area contributed by atoms with Gasteiger partial charge in [-0.25, -0.2) is 8.42 Å². The van der Waals surface area contributed by atoms with Crippen LogP contribution in [0.4, 0.5) is 8.78 Å². The Labute approximate surface area is 175 Å². The van der Waals surface area contributed by atoms with Crippen molar-refractivity contribution < 1.29 is 31.8 Å². The molecule has 2 aromatic rings. The lowest BCUT2D eigenvalue weighted by atomic mass is 9.71. The van der Waals surface area contributed by atoms with Crippen molar-refractivity contribution in [1.29, 1.82) is 0 Å². The average Bonchev–Trinajstić information content (AvgIpc) is 2.61. The van der Waals surface area contributed by atoms with Gasteiger partial charge in [0.25, 0.3) is 0 Å². The van der Waals surface area contributed by atoms with Gasteiger partial charge in [0, 0.05) is 4.47 Å². The molecule has 0 saturated heterocycles. The summed E-state index contributed by atoms with van der Waals surface area (Å²) in [5.74, 6) is -1.47. The molecule has 29 heavy (non-hydrogen) atoms. The Morgan fingerprint density at radius 1 is 1.14 bits per heavy atom. The lowest BCUT2D eigenvalue weighted by molar-refractivity contribution is -0.139. The lowest BCUT2D eigenvalue weighted by Crippen LogP contribution is -2.55. The van der Waals surface area contributed by atoms with E-state index in [9.17, 15) is 27.1 Å². The minimum Gasteiger partial charge on any atom is -0.480 e. The van der Waals surface area contributed by atoms with Gasteiger partial charge in [0.1, 0.15) is 12.3 Å². The highest BCUT2D eigenvalue weighted by Gasteiger charge is 2.50. The van der Waals surface area contributed by atoms with Crippen molar-refractivity contribution in [2.75, 3.05) is 6.54 Å². The maximum Gasteiger partial charge on any atom is 0.387 e. The fourth-order valence-electron chi connectivity index (χ4n) is 3.46. The fourth-order valence-corrected chi connectivity index (χ4v) is 5.49. The summed E-state index contributed by atoms with van der Waals surface area (Å²) in [5.41, 5.74) is -0.273. The summed E-state index contributed by atoms with van der Waals surface area (Å²) in [6, 6.07) is 11.6. The van der Waals surface area contributed by atoms with Crippen LogP contribution in [-0.2, 0) is 20.4 Å². The quantitative estimate of drug-likeness (QED) is 0.600. The Balaban J connectivity index is 2.03. The van der Waals surface area contributed by atoms with E-state index in [0.717, 1.165) is 39.5 Å². The summed E-state index contributed by atoms with van der Waals surface area (Å²) in [6.07, 6.45) is 1.71. The maximum atomic E-state index is 13.3. The number of ether oxygens (including phenoxy) is 1. The van der Waals surface area contributed by atoms with Crippen LogP contribution >= 0.6 is 15.9 Å². The predicted octanol–water partition coefficient (Wildman–Crippen LogP) is 4.21. The van der Waals surface area contributed by atoms with Gasteiger partial charge in [-0.1, -0.05) is 28.1 Å². The first-order valence-electron chi connectivity index (χ1n) is 8.71. The van der Waals surface area contributed by atoms with Crippen LogP contribution < -0.4 is 4.74 Å². The molecule has 0 bridgehead atoms. The second-order valence-electron chi connectivity index (χ2n) is 6.65. The van der Waals surface area contributed by atoms with Gasteiger partial charge in [-0.15, -0.1) is 0 Å². The van der Waals surface area contributed by atoms with Gasteiger partial charge in [-0.05, 0) is 61.2 Å². The zero-order valence-corrected chi connectivity index (χ0v) is 17.5. The summed E-state index contributed by atoms with van der Waals surface area (Å²) in [4.78, 5) is 11.3. The van der Waals surface area contributed by atoms with E-state index in [1.807, 2.05) is 0 Å². The predicted molar refractivity (Wildman–Crippen MR) is 104 cm³/mol. The summed E-state index contributed by atoms with van der Waals surface area (Å²) in [6.45, 7) is -3.75. The van der Waals surface area contributed by atoms with E-state index >= 15 is 0 Å². The van der Waals surface area contributed by atoms with E-state index in [4.69, 9.17) is 0 Å². The van der Waals surface area contributed by atoms with E-state index in [0.29, 0.717) is 18.4 Å². The first-order valence-corrected chi connectivity index (χ1v) is 10.9. The monoisotopic (exact) mass is 489 g/mol. The second-order valence-corrected chi connectivity index (χ2v) is 9.43. The number of carbonyl (C=O) groups is 1. The lowest BCUT2D eigenvalue weighted by Gasteiger charge is -2.49. The summed E-state index contributed by atoms with van der Waals surface area (Å²) < 4.78 is 57.4. The van der Waals surface area contributed by atoms with Gasteiger partial charge in [0.2, 0.25) is 10.0 Å². The smallest absolute Gasteiger partial charge is 0.387 e. The molecule has 0 amide bonds. The molecule has 2 aromatic carbocycles. The molecule has 1 aliphatic carbocycles. The molecule has 0 aliphatic heterocycles. The molecule has 6 nitrogen and oxygen atoms in total. The number of benzene rings is 2. The van der Waals surface area contributed by atoms with Crippen molar-refractivity contribution >= 4 is 31.9 Å². The van der Waals surface area contributed by atoms with Crippen molar-refractivity contribution in [1.82, 2.24) is 4.31 Å². The molecule has 0 aromatic heterocycles. The van der Waals surface area contributed by atoms with Crippen molar-refractivity contribution in [3.05, 3.63) is 58.6 Å². The zero-order chi connectivity index (χ0) is 21.2. The van der Waals surface area contributed by atoms with Crippen LogP contribution in [0.2, 0.25) is 0 Å². The number of carboxylic acid groups (broad SMARTS) is 1. The molecule has 10 heteroatoms. The first kappa shape index (κ1) is 21.7. The summed E-state index contributed by atoms with van der Waals surface area (Å²) in [5, 5.41) is 9.39. The van der Waals surface area contributed by atoms with E-state index in [1.54, 1.807) is 24.3 Å². The molecule has 1 N–H and O–H groups in total. The van der Waals surface area contributed by atoms with E-state index < -0.39 is 34.7 Å². The van der Waals surface area contributed by atoms with Gasteiger partial charge >= 0.3 is 12.6 Å². The number of aliphatic carboxylic acids is 1. The van der Waals surface area contributed by atoms with Crippen LogP contribution in [0.15, 0.2) is 57.9 Å². The van der Waals surface area contributed by atoms with Crippen LogP contribution in [0.25, 0.3) is 0 Å². The van der Waals surface area contributed by atoms with Crippen LogP contribution in [0.3, 0.4) is 0 Å². The number of hydrogen-bond donors (Lipinski definition) is 1. The molecule has 0 heterocycles. The van der Waals surface area contributed by atoms with Gasteiger partial charge in [0.05, 0.1) is 10.4 Å². The van der Waals surface area contributed by atoms with Gasteiger partial charge in [-0.2, -0.15) is 13.1 Å². The Hall–Kier alpha value is -2.04. The largest absolute Gasteiger partial charge is 0.480 e. The van der Waals surface area contributed by atoms with Gasteiger partial charge < -0.3 is 9.84 Å². The number of carboxylic acids is 1. The highest BCUT2D eigenvalue weighted by molar-refractivity contribution is 9.10.